The second kappa shape index (κ2) is 6.12. The second-order valence-electron chi connectivity index (χ2n) is 3.57. The highest BCUT2D eigenvalue weighted by Crippen LogP contribution is 2.12. The molecule has 0 aliphatic carbocycles. The van der Waals surface area contributed by atoms with E-state index in [0.29, 0.717) is 6.54 Å². The van der Waals surface area contributed by atoms with Crippen LogP contribution in [0.25, 0.3) is 0 Å². The van der Waals surface area contributed by atoms with Crippen molar-refractivity contribution in [3.63, 3.8) is 0 Å². The largest absolute Gasteiger partial charge is 0.497 e. The molecule has 0 radical (unpaired) electrons. The van der Waals surface area contributed by atoms with Crippen LogP contribution < -0.4 is 15.4 Å². The van der Waals surface area contributed by atoms with Crippen molar-refractivity contribution in [2.75, 3.05) is 14.2 Å². The highest BCUT2D eigenvalue weighted by Gasteiger charge is 2.09. The number of rotatable bonds is 5. The summed E-state index contributed by atoms with van der Waals surface area (Å²) in [4.78, 5) is 11.3. The fourth-order valence-electron chi connectivity index (χ4n) is 1.36. The van der Waals surface area contributed by atoms with Crippen LogP contribution in [0.1, 0.15) is 12.5 Å². The minimum absolute atomic E-state index is 0.0112. The molecule has 0 bridgehead atoms. The molecule has 4 nitrogen and oxygen atoms in total. The first-order valence-corrected chi connectivity index (χ1v) is 5.25. The van der Waals surface area contributed by atoms with Gasteiger partial charge < -0.3 is 15.4 Å². The summed E-state index contributed by atoms with van der Waals surface area (Å²) in [5, 5.41) is 5.73. The number of nitrogens with one attached hydrogen (secondary N) is 2. The Kier molecular flexibility index (Phi) is 4.79. The molecule has 0 heterocycles. The Morgan fingerprint density at radius 1 is 1.50 bits per heavy atom. The van der Waals surface area contributed by atoms with Gasteiger partial charge in [0.15, 0.2) is 0 Å². The third kappa shape index (κ3) is 3.55. The highest BCUT2D eigenvalue weighted by molar-refractivity contribution is 5.80. The standard InChI is InChI=1S/C12H18N2O2/c1-9(12(15)13-2)14-8-10-5-4-6-11(7-10)16-3/h4-7,9,14H,8H2,1-3H3,(H,13,15). The first-order valence-electron chi connectivity index (χ1n) is 5.25. The van der Waals surface area contributed by atoms with E-state index in [9.17, 15) is 4.79 Å². The molecule has 1 unspecified atom stereocenters. The van der Waals surface area contributed by atoms with E-state index in [-0.39, 0.29) is 11.9 Å². The number of amides is 1. The summed E-state index contributed by atoms with van der Waals surface area (Å²) in [5.41, 5.74) is 1.09. The SMILES string of the molecule is CNC(=O)C(C)NCc1cccc(OC)c1. The zero-order valence-electron chi connectivity index (χ0n) is 9.91. The average Bonchev–Trinajstić information content (AvgIpc) is 2.35. The molecule has 1 aromatic rings. The molecule has 0 spiro atoms. The van der Waals surface area contributed by atoms with E-state index in [0.717, 1.165) is 11.3 Å². The fourth-order valence-corrected chi connectivity index (χ4v) is 1.36. The minimum atomic E-state index is -0.198. The molecule has 16 heavy (non-hydrogen) atoms. The molecule has 0 aliphatic rings. The van der Waals surface area contributed by atoms with Gasteiger partial charge in [-0.25, -0.2) is 0 Å². The van der Waals surface area contributed by atoms with Crippen molar-refractivity contribution >= 4 is 5.91 Å². The number of methoxy groups -OCH3 is 1. The zero-order chi connectivity index (χ0) is 12.0. The van der Waals surface area contributed by atoms with Crippen molar-refractivity contribution in [1.82, 2.24) is 10.6 Å². The zero-order valence-corrected chi connectivity index (χ0v) is 9.91. The van der Waals surface area contributed by atoms with Gasteiger partial charge >= 0.3 is 0 Å². The normalized spacial score (nSPS) is 11.9. The Morgan fingerprint density at radius 2 is 2.25 bits per heavy atom. The van der Waals surface area contributed by atoms with Gasteiger partial charge in [0.25, 0.3) is 0 Å². The van der Waals surface area contributed by atoms with Gasteiger partial charge in [0.2, 0.25) is 5.91 Å². The number of hydrogen-bond donors (Lipinski definition) is 2. The van der Waals surface area contributed by atoms with E-state index in [1.54, 1.807) is 14.2 Å². The van der Waals surface area contributed by atoms with Crippen molar-refractivity contribution in [1.29, 1.82) is 0 Å². The van der Waals surface area contributed by atoms with Gasteiger partial charge in [0.1, 0.15) is 5.75 Å². The summed E-state index contributed by atoms with van der Waals surface area (Å²) in [7, 11) is 3.27. The molecule has 0 aliphatic heterocycles. The second-order valence-corrected chi connectivity index (χ2v) is 3.57. The predicted molar refractivity (Wildman–Crippen MR) is 63.4 cm³/mol. The summed E-state index contributed by atoms with van der Waals surface area (Å²) in [6.07, 6.45) is 0. The molecule has 88 valence electrons. The van der Waals surface area contributed by atoms with Crippen LogP contribution >= 0.6 is 0 Å². The van der Waals surface area contributed by atoms with Crippen molar-refractivity contribution in [3.8, 4) is 5.75 Å². The van der Waals surface area contributed by atoms with Gasteiger partial charge in [-0.2, -0.15) is 0 Å². The van der Waals surface area contributed by atoms with Crippen LogP contribution in [0.4, 0.5) is 0 Å². The van der Waals surface area contributed by atoms with E-state index in [1.165, 1.54) is 0 Å². The van der Waals surface area contributed by atoms with Gasteiger partial charge in [-0.3, -0.25) is 4.79 Å². The van der Waals surface area contributed by atoms with Crippen molar-refractivity contribution < 1.29 is 9.53 Å². The first-order chi connectivity index (χ1) is 7.67. The summed E-state index contributed by atoms with van der Waals surface area (Å²) < 4.78 is 5.12. The summed E-state index contributed by atoms with van der Waals surface area (Å²) in [5.74, 6) is 0.815. The van der Waals surface area contributed by atoms with Gasteiger partial charge in [-0.05, 0) is 24.6 Å². The Labute approximate surface area is 96.0 Å². The molecule has 0 fully saturated rings. The summed E-state index contributed by atoms with van der Waals surface area (Å²) in [6, 6.07) is 7.57. The molecule has 2 N–H and O–H groups in total. The highest BCUT2D eigenvalue weighted by atomic mass is 16.5. The van der Waals surface area contributed by atoms with Crippen LogP contribution in [-0.4, -0.2) is 26.1 Å². The quantitative estimate of drug-likeness (QED) is 0.779. The van der Waals surface area contributed by atoms with Gasteiger partial charge in [-0.15, -0.1) is 0 Å². The molecule has 1 aromatic carbocycles. The maximum atomic E-state index is 11.3. The summed E-state index contributed by atoms with van der Waals surface area (Å²) >= 11 is 0. The fraction of sp³-hybridized carbons (Fsp3) is 0.417. The van der Waals surface area contributed by atoms with E-state index in [1.807, 2.05) is 31.2 Å². The first kappa shape index (κ1) is 12.5. The number of hydrogen-bond acceptors (Lipinski definition) is 3. The van der Waals surface area contributed by atoms with Crippen molar-refractivity contribution in [2.24, 2.45) is 0 Å². The predicted octanol–water partition coefficient (Wildman–Crippen LogP) is 0.919. The van der Waals surface area contributed by atoms with Gasteiger partial charge in [0.05, 0.1) is 13.2 Å². The average molecular weight is 222 g/mol. The van der Waals surface area contributed by atoms with Crippen LogP contribution in [-0.2, 0) is 11.3 Å². The Bertz CT molecular complexity index is 353. The monoisotopic (exact) mass is 222 g/mol. The van der Waals surface area contributed by atoms with Crippen LogP contribution in [0.2, 0.25) is 0 Å². The Balaban J connectivity index is 2.51. The smallest absolute Gasteiger partial charge is 0.236 e. The number of carbonyl (C=O) groups is 1. The lowest BCUT2D eigenvalue weighted by Gasteiger charge is -2.12. The third-order valence-corrected chi connectivity index (χ3v) is 2.39. The maximum Gasteiger partial charge on any atom is 0.236 e. The van der Waals surface area contributed by atoms with Gasteiger partial charge in [-0.1, -0.05) is 12.1 Å². The van der Waals surface area contributed by atoms with E-state index >= 15 is 0 Å². The number of carbonyl (C=O) groups excluding carboxylic acids is 1. The number of ether oxygens (including phenoxy) is 1. The molecule has 0 aromatic heterocycles. The molecule has 1 atom stereocenters. The summed E-state index contributed by atoms with van der Waals surface area (Å²) in [6.45, 7) is 2.48. The van der Waals surface area contributed by atoms with E-state index < -0.39 is 0 Å². The minimum Gasteiger partial charge on any atom is -0.497 e. The molecular formula is C12H18N2O2. The number of benzene rings is 1. The molecule has 1 rings (SSSR count). The van der Waals surface area contributed by atoms with Crippen LogP contribution in [0.15, 0.2) is 24.3 Å². The topological polar surface area (TPSA) is 50.4 Å². The molecule has 0 saturated heterocycles. The molecular weight excluding hydrogens is 204 g/mol. The number of likely N-dealkylation sites (N-methyl/N-ethyl adjacent to an activating group) is 1. The molecule has 4 heteroatoms. The van der Waals surface area contributed by atoms with Crippen LogP contribution in [0.3, 0.4) is 0 Å². The molecule has 1 amide bonds. The lowest BCUT2D eigenvalue weighted by molar-refractivity contribution is -0.122. The Hall–Kier alpha value is -1.55. The van der Waals surface area contributed by atoms with Crippen LogP contribution in [0, 0.1) is 0 Å². The molecule has 0 saturated carbocycles. The van der Waals surface area contributed by atoms with Crippen molar-refractivity contribution in [2.45, 2.75) is 19.5 Å². The van der Waals surface area contributed by atoms with E-state index in [4.69, 9.17) is 4.74 Å². The third-order valence-electron chi connectivity index (χ3n) is 2.39. The lowest BCUT2D eigenvalue weighted by atomic mass is 10.2. The van der Waals surface area contributed by atoms with Crippen molar-refractivity contribution in [3.05, 3.63) is 29.8 Å². The van der Waals surface area contributed by atoms with E-state index in [2.05, 4.69) is 10.6 Å². The van der Waals surface area contributed by atoms with Crippen LogP contribution in [0.5, 0.6) is 5.75 Å². The van der Waals surface area contributed by atoms with Gasteiger partial charge in [0, 0.05) is 13.6 Å². The maximum absolute atomic E-state index is 11.3. The Morgan fingerprint density at radius 3 is 2.88 bits per heavy atom. The lowest BCUT2D eigenvalue weighted by Crippen LogP contribution is -2.40.